The van der Waals surface area contributed by atoms with E-state index in [1.54, 1.807) is 0 Å². The van der Waals surface area contributed by atoms with Gasteiger partial charge >= 0.3 is 0 Å². The molecular formula is C10H12ClNO6S2. The standard InChI is InChI=1S/C10H12ClNO6S2/c1-18-9-4-3-7(20(11,16)17)5-8(9)12-10(13)6-19(2,14)15/h3-5H,6H2,1-2H3,(H,12,13). The number of benzene rings is 1. The molecule has 10 heteroatoms. The average molecular weight is 342 g/mol. The predicted molar refractivity (Wildman–Crippen MR) is 74.4 cm³/mol. The van der Waals surface area contributed by atoms with Gasteiger partial charge in [0.1, 0.15) is 11.5 Å². The van der Waals surface area contributed by atoms with Crippen LogP contribution in [0.4, 0.5) is 5.69 Å². The minimum atomic E-state index is -3.97. The number of ether oxygens (including phenoxy) is 1. The summed E-state index contributed by atoms with van der Waals surface area (Å²) in [6.45, 7) is 0. The molecule has 0 fully saturated rings. The van der Waals surface area contributed by atoms with Gasteiger partial charge in [-0.15, -0.1) is 0 Å². The number of carbonyl (C=O) groups excluding carboxylic acids is 1. The van der Waals surface area contributed by atoms with Crippen LogP contribution in [0.2, 0.25) is 0 Å². The monoisotopic (exact) mass is 341 g/mol. The molecule has 1 aromatic rings. The van der Waals surface area contributed by atoms with E-state index in [-0.39, 0.29) is 16.3 Å². The number of methoxy groups -OCH3 is 1. The minimum absolute atomic E-state index is 0.0166. The summed E-state index contributed by atoms with van der Waals surface area (Å²) in [5.41, 5.74) is 0.0166. The Morgan fingerprint density at radius 2 is 1.90 bits per heavy atom. The summed E-state index contributed by atoms with van der Waals surface area (Å²) in [4.78, 5) is 11.3. The molecule has 0 heterocycles. The summed E-state index contributed by atoms with van der Waals surface area (Å²) in [7, 11) is -0.965. The van der Waals surface area contributed by atoms with Crippen LogP contribution in [0.1, 0.15) is 0 Å². The maximum Gasteiger partial charge on any atom is 0.261 e. The lowest BCUT2D eigenvalue weighted by Gasteiger charge is -2.10. The second kappa shape index (κ2) is 5.98. The molecule has 0 aromatic heterocycles. The van der Waals surface area contributed by atoms with Crippen molar-refractivity contribution >= 4 is 41.2 Å². The van der Waals surface area contributed by atoms with Crippen molar-refractivity contribution in [2.45, 2.75) is 4.90 Å². The minimum Gasteiger partial charge on any atom is -0.495 e. The quantitative estimate of drug-likeness (QED) is 0.786. The van der Waals surface area contributed by atoms with Crippen LogP contribution in [0.5, 0.6) is 5.75 Å². The number of anilines is 1. The molecule has 0 atom stereocenters. The highest BCUT2D eigenvalue weighted by atomic mass is 35.7. The molecule has 0 aliphatic heterocycles. The zero-order valence-electron chi connectivity index (χ0n) is 10.6. The van der Waals surface area contributed by atoms with Gasteiger partial charge in [-0.05, 0) is 18.2 Å². The van der Waals surface area contributed by atoms with Crippen molar-refractivity contribution < 1.29 is 26.4 Å². The Labute approximate surface area is 121 Å². The van der Waals surface area contributed by atoms with Gasteiger partial charge in [-0.3, -0.25) is 4.79 Å². The van der Waals surface area contributed by atoms with E-state index in [0.717, 1.165) is 12.3 Å². The van der Waals surface area contributed by atoms with E-state index in [4.69, 9.17) is 15.4 Å². The van der Waals surface area contributed by atoms with Crippen molar-refractivity contribution in [3.8, 4) is 5.75 Å². The fraction of sp³-hybridized carbons (Fsp3) is 0.300. The Kier molecular flexibility index (Phi) is 5.00. The summed E-state index contributed by atoms with van der Waals surface area (Å²) < 4.78 is 49.4. The molecule has 1 aromatic carbocycles. The third-order valence-corrected chi connectivity index (χ3v) is 4.26. The maximum atomic E-state index is 11.5. The summed E-state index contributed by atoms with van der Waals surface area (Å²) >= 11 is 0. The van der Waals surface area contributed by atoms with Crippen molar-refractivity contribution in [2.75, 3.05) is 24.4 Å². The van der Waals surface area contributed by atoms with Crippen LogP contribution in [0.15, 0.2) is 23.1 Å². The van der Waals surface area contributed by atoms with Crippen LogP contribution in [0.3, 0.4) is 0 Å². The molecule has 0 unspecified atom stereocenters. The van der Waals surface area contributed by atoms with Crippen LogP contribution in [-0.2, 0) is 23.7 Å². The van der Waals surface area contributed by atoms with E-state index in [9.17, 15) is 21.6 Å². The van der Waals surface area contributed by atoms with Gasteiger partial charge in [0.15, 0.2) is 9.84 Å². The van der Waals surface area contributed by atoms with E-state index in [1.165, 1.54) is 19.2 Å². The highest BCUT2D eigenvalue weighted by molar-refractivity contribution is 8.13. The van der Waals surface area contributed by atoms with E-state index in [0.29, 0.717) is 0 Å². The Balaban J connectivity index is 3.13. The largest absolute Gasteiger partial charge is 0.495 e. The Bertz CT molecular complexity index is 726. The summed E-state index contributed by atoms with van der Waals surface area (Å²) in [5.74, 6) is -1.36. The zero-order valence-corrected chi connectivity index (χ0v) is 13.0. The molecule has 1 amide bonds. The smallest absolute Gasteiger partial charge is 0.261 e. The molecule has 20 heavy (non-hydrogen) atoms. The lowest BCUT2D eigenvalue weighted by Crippen LogP contribution is -2.22. The third-order valence-electron chi connectivity index (χ3n) is 2.12. The predicted octanol–water partition coefficient (Wildman–Crippen LogP) is 0.606. The molecule has 0 aliphatic carbocycles. The van der Waals surface area contributed by atoms with Gasteiger partial charge in [0, 0.05) is 16.9 Å². The molecule has 0 saturated carbocycles. The van der Waals surface area contributed by atoms with Crippen LogP contribution < -0.4 is 10.1 Å². The fourth-order valence-electron chi connectivity index (χ4n) is 1.36. The molecule has 0 spiro atoms. The lowest BCUT2D eigenvalue weighted by atomic mass is 10.3. The van der Waals surface area contributed by atoms with Gasteiger partial charge in [-0.1, -0.05) is 0 Å². The Hall–Kier alpha value is -1.32. The van der Waals surface area contributed by atoms with Gasteiger partial charge < -0.3 is 10.1 Å². The Morgan fingerprint density at radius 3 is 2.35 bits per heavy atom. The number of rotatable bonds is 5. The van der Waals surface area contributed by atoms with Gasteiger partial charge in [0.2, 0.25) is 5.91 Å². The lowest BCUT2D eigenvalue weighted by molar-refractivity contribution is -0.113. The third kappa shape index (κ3) is 4.99. The molecule has 1 N–H and O–H groups in total. The number of hydrogen-bond acceptors (Lipinski definition) is 6. The van der Waals surface area contributed by atoms with Crippen molar-refractivity contribution in [3.63, 3.8) is 0 Å². The van der Waals surface area contributed by atoms with Crippen molar-refractivity contribution in [1.82, 2.24) is 0 Å². The number of hydrogen-bond donors (Lipinski definition) is 1. The molecule has 112 valence electrons. The zero-order chi connectivity index (χ0) is 15.6. The second-order valence-corrected chi connectivity index (χ2v) is 8.62. The number of carbonyl (C=O) groups is 1. The van der Waals surface area contributed by atoms with Crippen molar-refractivity contribution in [2.24, 2.45) is 0 Å². The number of amides is 1. The number of sulfone groups is 1. The Morgan fingerprint density at radius 1 is 1.30 bits per heavy atom. The van der Waals surface area contributed by atoms with Crippen molar-refractivity contribution in [1.29, 1.82) is 0 Å². The highest BCUT2D eigenvalue weighted by Crippen LogP contribution is 2.28. The van der Waals surface area contributed by atoms with Crippen LogP contribution in [-0.4, -0.2) is 41.9 Å². The van der Waals surface area contributed by atoms with E-state index < -0.39 is 30.5 Å². The second-order valence-electron chi connectivity index (χ2n) is 3.92. The topological polar surface area (TPSA) is 107 Å². The number of nitrogens with one attached hydrogen (secondary N) is 1. The first kappa shape index (κ1) is 16.7. The van der Waals surface area contributed by atoms with Gasteiger partial charge in [-0.2, -0.15) is 0 Å². The van der Waals surface area contributed by atoms with Gasteiger partial charge in [-0.25, -0.2) is 16.8 Å². The molecule has 0 aliphatic rings. The molecule has 0 saturated heterocycles. The SMILES string of the molecule is COc1ccc(S(=O)(=O)Cl)cc1NC(=O)CS(C)(=O)=O. The van der Waals surface area contributed by atoms with Crippen LogP contribution in [0.25, 0.3) is 0 Å². The molecule has 0 radical (unpaired) electrons. The first-order valence-corrected chi connectivity index (χ1v) is 9.50. The van der Waals surface area contributed by atoms with Gasteiger partial charge in [0.25, 0.3) is 9.05 Å². The van der Waals surface area contributed by atoms with E-state index in [2.05, 4.69) is 5.32 Å². The van der Waals surface area contributed by atoms with E-state index >= 15 is 0 Å². The molecule has 0 bridgehead atoms. The summed E-state index contributed by atoms with van der Waals surface area (Å²) in [6.07, 6.45) is 0.906. The summed E-state index contributed by atoms with van der Waals surface area (Å²) in [5, 5.41) is 2.26. The fourth-order valence-corrected chi connectivity index (χ4v) is 2.69. The average Bonchev–Trinajstić information content (AvgIpc) is 2.24. The molecule has 1 rings (SSSR count). The highest BCUT2D eigenvalue weighted by Gasteiger charge is 2.17. The normalized spacial score (nSPS) is 11.9. The summed E-state index contributed by atoms with van der Waals surface area (Å²) in [6, 6.07) is 3.58. The number of halogens is 1. The molecule has 7 nitrogen and oxygen atoms in total. The maximum absolute atomic E-state index is 11.5. The van der Waals surface area contributed by atoms with E-state index in [1.807, 2.05) is 0 Å². The van der Waals surface area contributed by atoms with Crippen LogP contribution in [0, 0.1) is 0 Å². The first-order valence-electron chi connectivity index (χ1n) is 5.13. The first-order chi connectivity index (χ1) is 9.03. The van der Waals surface area contributed by atoms with Crippen molar-refractivity contribution in [3.05, 3.63) is 18.2 Å². The van der Waals surface area contributed by atoms with Gasteiger partial charge in [0.05, 0.1) is 17.7 Å². The molecular weight excluding hydrogens is 330 g/mol. The van der Waals surface area contributed by atoms with Crippen LogP contribution >= 0.6 is 10.7 Å².